The molecule has 50 valence electrons. The van der Waals surface area contributed by atoms with E-state index in [-0.39, 0.29) is 5.56 Å². The normalized spacial score (nSPS) is 9.89. The molecule has 0 amide bonds. The molecule has 0 atom stereocenters. The Hall–Kier alpha value is -1.03. The summed E-state index contributed by atoms with van der Waals surface area (Å²) in [6, 6.07) is 1.52. The quantitative estimate of drug-likeness (QED) is 0.498. The highest BCUT2D eigenvalue weighted by atomic mass is 16.1. The molecule has 0 aromatic carbocycles. The Morgan fingerprint density at radius 2 is 2.44 bits per heavy atom. The van der Waals surface area contributed by atoms with Crippen LogP contribution >= 0.6 is 0 Å². The smallest absolute Gasteiger partial charge is 0.264 e. The van der Waals surface area contributed by atoms with Gasteiger partial charge < -0.3 is 10.4 Å². The van der Waals surface area contributed by atoms with Gasteiger partial charge in [0.2, 0.25) is 0 Å². The largest absolute Gasteiger partial charge is 0.314 e. The van der Waals surface area contributed by atoms with Crippen LogP contribution in [0.15, 0.2) is 10.9 Å². The molecule has 0 aliphatic heterocycles. The van der Waals surface area contributed by atoms with Crippen LogP contribution in [0.2, 0.25) is 0 Å². The fourth-order valence-corrected chi connectivity index (χ4v) is 0.658. The van der Waals surface area contributed by atoms with Gasteiger partial charge in [-0.15, -0.1) is 0 Å². The van der Waals surface area contributed by atoms with Crippen LogP contribution in [-0.4, -0.2) is 17.2 Å². The van der Waals surface area contributed by atoms with Crippen LogP contribution in [0.5, 0.6) is 0 Å². The van der Waals surface area contributed by atoms with Gasteiger partial charge in [0, 0.05) is 12.6 Å². The topological polar surface area (TPSA) is 60.7 Å². The summed E-state index contributed by atoms with van der Waals surface area (Å²) in [5.74, 6) is 0. The van der Waals surface area contributed by atoms with Crippen LogP contribution in [0, 0.1) is 0 Å². The lowest BCUT2D eigenvalue weighted by Crippen LogP contribution is -2.05. The van der Waals surface area contributed by atoms with Crippen molar-refractivity contribution in [2.75, 3.05) is 7.05 Å². The summed E-state index contributed by atoms with van der Waals surface area (Å²) in [5.41, 5.74) is 0.794. The Kier molecular flexibility index (Phi) is 1.69. The van der Waals surface area contributed by atoms with E-state index in [0.717, 1.165) is 5.69 Å². The fraction of sp³-hybridized carbons (Fsp3) is 0.400. The minimum Gasteiger partial charge on any atom is -0.314 e. The first kappa shape index (κ1) is 6.10. The van der Waals surface area contributed by atoms with E-state index in [0.29, 0.717) is 6.54 Å². The number of H-pyrrole nitrogens is 2. The second-order valence-electron chi connectivity index (χ2n) is 1.81. The van der Waals surface area contributed by atoms with Gasteiger partial charge in [-0.1, -0.05) is 0 Å². The molecule has 0 unspecified atom stereocenters. The van der Waals surface area contributed by atoms with Gasteiger partial charge in [0.1, 0.15) is 0 Å². The summed E-state index contributed by atoms with van der Waals surface area (Å²) in [6.45, 7) is 0.693. The van der Waals surface area contributed by atoms with Crippen molar-refractivity contribution in [1.82, 2.24) is 15.5 Å². The Labute approximate surface area is 52.3 Å². The van der Waals surface area contributed by atoms with Crippen molar-refractivity contribution in [3.8, 4) is 0 Å². The lowest BCUT2D eigenvalue weighted by molar-refractivity contribution is 0.783. The van der Waals surface area contributed by atoms with E-state index >= 15 is 0 Å². The third-order valence-corrected chi connectivity index (χ3v) is 1.02. The van der Waals surface area contributed by atoms with E-state index in [1.54, 1.807) is 0 Å². The van der Waals surface area contributed by atoms with E-state index in [1.807, 2.05) is 7.05 Å². The molecule has 1 rings (SSSR count). The van der Waals surface area contributed by atoms with Crippen molar-refractivity contribution < 1.29 is 0 Å². The summed E-state index contributed by atoms with van der Waals surface area (Å²) < 4.78 is 0. The molecule has 0 radical (unpaired) electrons. The van der Waals surface area contributed by atoms with Crippen LogP contribution in [0.25, 0.3) is 0 Å². The molecular weight excluding hydrogens is 118 g/mol. The molecule has 0 bridgehead atoms. The molecule has 9 heavy (non-hydrogen) atoms. The first-order valence-corrected chi connectivity index (χ1v) is 2.74. The van der Waals surface area contributed by atoms with E-state index in [1.165, 1.54) is 6.07 Å². The Balaban J connectivity index is 2.73. The molecule has 1 aromatic rings. The molecule has 0 fully saturated rings. The number of aromatic amines is 2. The van der Waals surface area contributed by atoms with Crippen molar-refractivity contribution in [2.24, 2.45) is 0 Å². The predicted octanol–water partition coefficient (Wildman–Crippen LogP) is -0.578. The zero-order valence-electron chi connectivity index (χ0n) is 5.19. The third kappa shape index (κ3) is 1.43. The molecule has 1 heterocycles. The summed E-state index contributed by atoms with van der Waals surface area (Å²) >= 11 is 0. The molecular formula is C5H9N3O. The molecule has 1 aromatic heterocycles. The van der Waals surface area contributed by atoms with Gasteiger partial charge in [0.25, 0.3) is 5.56 Å². The average Bonchev–Trinajstić information content (AvgIpc) is 2.17. The second kappa shape index (κ2) is 2.50. The highest BCUT2D eigenvalue weighted by molar-refractivity contribution is 4.96. The van der Waals surface area contributed by atoms with Crippen LogP contribution in [0.4, 0.5) is 0 Å². The number of rotatable bonds is 2. The molecule has 3 N–H and O–H groups in total. The molecule has 0 aliphatic rings. The number of hydrogen-bond acceptors (Lipinski definition) is 2. The second-order valence-corrected chi connectivity index (χ2v) is 1.81. The third-order valence-electron chi connectivity index (χ3n) is 1.02. The SMILES string of the molecule is CNCc1cc(=O)[nH][nH]1. The maximum absolute atomic E-state index is 10.5. The minimum atomic E-state index is -0.0831. The molecule has 4 nitrogen and oxygen atoms in total. The van der Waals surface area contributed by atoms with Crippen molar-refractivity contribution in [2.45, 2.75) is 6.54 Å². The Morgan fingerprint density at radius 1 is 1.67 bits per heavy atom. The van der Waals surface area contributed by atoms with Gasteiger partial charge in [-0.3, -0.25) is 9.89 Å². The van der Waals surface area contributed by atoms with Gasteiger partial charge >= 0.3 is 0 Å². The van der Waals surface area contributed by atoms with Crippen LogP contribution in [0.1, 0.15) is 5.69 Å². The monoisotopic (exact) mass is 127 g/mol. The summed E-state index contributed by atoms with van der Waals surface area (Å²) in [7, 11) is 1.82. The maximum atomic E-state index is 10.5. The molecule has 0 aliphatic carbocycles. The van der Waals surface area contributed by atoms with E-state index in [4.69, 9.17) is 0 Å². The van der Waals surface area contributed by atoms with E-state index < -0.39 is 0 Å². The lowest BCUT2D eigenvalue weighted by Gasteiger charge is -1.89. The maximum Gasteiger partial charge on any atom is 0.264 e. The predicted molar refractivity (Wildman–Crippen MR) is 34.2 cm³/mol. The Morgan fingerprint density at radius 3 is 2.89 bits per heavy atom. The molecule has 0 saturated carbocycles. The number of hydrogen-bond donors (Lipinski definition) is 3. The summed E-state index contributed by atoms with van der Waals surface area (Å²) in [4.78, 5) is 10.5. The fourth-order valence-electron chi connectivity index (χ4n) is 0.658. The van der Waals surface area contributed by atoms with Crippen molar-refractivity contribution in [3.05, 3.63) is 22.1 Å². The molecule has 4 heteroatoms. The van der Waals surface area contributed by atoms with Crippen molar-refractivity contribution in [1.29, 1.82) is 0 Å². The summed E-state index contributed by atoms with van der Waals surface area (Å²) in [6.07, 6.45) is 0. The number of nitrogens with one attached hydrogen (secondary N) is 3. The zero-order chi connectivity index (χ0) is 6.69. The standard InChI is InChI=1S/C5H9N3O/c1-6-3-4-2-5(9)8-7-4/h2,6H,3H2,1H3,(H2,7,8,9). The van der Waals surface area contributed by atoms with Gasteiger partial charge in [-0.05, 0) is 7.05 Å². The first-order valence-electron chi connectivity index (χ1n) is 2.74. The summed E-state index contributed by atoms with van der Waals surface area (Å²) in [5, 5.41) is 8.05. The van der Waals surface area contributed by atoms with Crippen LogP contribution in [-0.2, 0) is 6.54 Å². The minimum absolute atomic E-state index is 0.0831. The average molecular weight is 127 g/mol. The number of aromatic nitrogens is 2. The van der Waals surface area contributed by atoms with Crippen LogP contribution < -0.4 is 10.9 Å². The highest BCUT2D eigenvalue weighted by Gasteiger charge is 1.90. The highest BCUT2D eigenvalue weighted by Crippen LogP contribution is 1.82. The van der Waals surface area contributed by atoms with Gasteiger partial charge in [0.05, 0.1) is 5.69 Å². The van der Waals surface area contributed by atoms with E-state index in [2.05, 4.69) is 15.5 Å². The lowest BCUT2D eigenvalue weighted by atomic mass is 10.4. The van der Waals surface area contributed by atoms with E-state index in [9.17, 15) is 4.79 Å². The van der Waals surface area contributed by atoms with Gasteiger partial charge in [-0.2, -0.15) is 0 Å². The van der Waals surface area contributed by atoms with Crippen molar-refractivity contribution in [3.63, 3.8) is 0 Å². The zero-order valence-corrected chi connectivity index (χ0v) is 5.19. The van der Waals surface area contributed by atoms with Crippen LogP contribution in [0.3, 0.4) is 0 Å². The Bertz CT molecular complexity index is 224. The first-order chi connectivity index (χ1) is 4.33. The molecule has 0 saturated heterocycles. The van der Waals surface area contributed by atoms with Gasteiger partial charge in [-0.25, -0.2) is 0 Å². The van der Waals surface area contributed by atoms with Gasteiger partial charge in [0.15, 0.2) is 0 Å². The molecule has 0 spiro atoms. The van der Waals surface area contributed by atoms with Crippen molar-refractivity contribution >= 4 is 0 Å².